The first-order valence-electron chi connectivity index (χ1n) is 6.51. The minimum Gasteiger partial charge on any atom is -0.464 e. The van der Waals surface area contributed by atoms with E-state index in [2.05, 4.69) is 4.98 Å². The molecule has 0 unspecified atom stereocenters. The van der Waals surface area contributed by atoms with E-state index in [9.17, 15) is 5.26 Å². The second kappa shape index (κ2) is 4.47. The molecule has 0 bridgehead atoms. The van der Waals surface area contributed by atoms with E-state index in [0.29, 0.717) is 16.9 Å². The molecule has 0 fully saturated rings. The van der Waals surface area contributed by atoms with Gasteiger partial charge < -0.3 is 8.83 Å². The molecule has 0 saturated carbocycles. The lowest BCUT2D eigenvalue weighted by Gasteiger charge is -1.99. The molecule has 3 heterocycles. The van der Waals surface area contributed by atoms with Crippen molar-refractivity contribution < 1.29 is 8.83 Å². The molecule has 102 valence electrons. The maximum Gasteiger partial charge on any atom is 0.152 e. The quantitative estimate of drug-likeness (QED) is 0.527. The maximum absolute atomic E-state index is 9.22. The van der Waals surface area contributed by atoms with Gasteiger partial charge in [-0.2, -0.15) is 10.5 Å². The summed E-state index contributed by atoms with van der Waals surface area (Å²) in [6.07, 6.45) is 1.63. The summed E-state index contributed by atoms with van der Waals surface area (Å²) in [5.74, 6) is 0.538. The zero-order chi connectivity index (χ0) is 15.1. The Balaban J connectivity index is 1.94. The van der Waals surface area contributed by atoms with Gasteiger partial charge in [-0.3, -0.25) is 0 Å². The Bertz CT molecular complexity index is 1060. The Morgan fingerprint density at radius 2 is 1.77 bits per heavy atom. The molecule has 3 aromatic heterocycles. The van der Waals surface area contributed by atoms with Crippen molar-refractivity contribution >= 4 is 21.9 Å². The third-order valence-corrected chi connectivity index (χ3v) is 3.47. The smallest absolute Gasteiger partial charge is 0.152 e. The third-order valence-electron chi connectivity index (χ3n) is 3.47. The number of benzene rings is 1. The average molecular weight is 285 g/mol. The summed E-state index contributed by atoms with van der Waals surface area (Å²) in [4.78, 5) is 4.00. The zero-order valence-electron chi connectivity index (χ0n) is 11.2. The number of pyridine rings is 1. The second-order valence-corrected chi connectivity index (χ2v) is 4.78. The van der Waals surface area contributed by atoms with Crippen LogP contribution < -0.4 is 0 Å². The molecule has 0 aliphatic carbocycles. The second-order valence-electron chi connectivity index (χ2n) is 4.78. The van der Waals surface area contributed by atoms with Crippen molar-refractivity contribution in [2.24, 2.45) is 0 Å². The number of hydrogen-bond donors (Lipinski definition) is 0. The van der Waals surface area contributed by atoms with Crippen LogP contribution in [0.3, 0.4) is 0 Å². The Morgan fingerprint density at radius 3 is 2.59 bits per heavy atom. The number of fused-ring (bicyclic) bond motifs is 2. The molecule has 22 heavy (non-hydrogen) atoms. The molecule has 0 N–H and O–H groups in total. The van der Waals surface area contributed by atoms with Gasteiger partial charge in [0, 0.05) is 10.8 Å². The molecule has 4 aromatic rings. The highest BCUT2D eigenvalue weighted by atomic mass is 16.3. The minimum absolute atomic E-state index is 0.168. The molecule has 5 nitrogen and oxygen atoms in total. The number of aromatic nitrogens is 1. The fourth-order valence-electron chi connectivity index (χ4n) is 2.43. The van der Waals surface area contributed by atoms with Gasteiger partial charge in [0.15, 0.2) is 5.69 Å². The minimum atomic E-state index is 0.168. The zero-order valence-corrected chi connectivity index (χ0v) is 11.2. The van der Waals surface area contributed by atoms with Gasteiger partial charge in [0.25, 0.3) is 0 Å². The number of nitrogens with zero attached hydrogens (tertiary/aromatic N) is 3. The maximum atomic E-state index is 9.22. The Kier molecular flexibility index (Phi) is 2.48. The lowest BCUT2D eigenvalue weighted by atomic mass is 10.1. The van der Waals surface area contributed by atoms with Gasteiger partial charge in [0.1, 0.15) is 34.8 Å². The third kappa shape index (κ3) is 1.74. The van der Waals surface area contributed by atoms with E-state index < -0.39 is 0 Å². The van der Waals surface area contributed by atoms with E-state index in [-0.39, 0.29) is 11.4 Å². The van der Waals surface area contributed by atoms with E-state index in [0.717, 1.165) is 16.4 Å². The molecule has 1 aromatic carbocycles. The molecule has 4 rings (SSSR count). The van der Waals surface area contributed by atoms with Crippen molar-refractivity contribution in [2.75, 3.05) is 0 Å². The van der Waals surface area contributed by atoms with Crippen LogP contribution in [0.5, 0.6) is 0 Å². The van der Waals surface area contributed by atoms with Crippen LogP contribution in [-0.2, 0) is 0 Å². The van der Waals surface area contributed by atoms with Crippen LogP contribution in [0.2, 0.25) is 0 Å². The molecular formula is C17H7N3O2. The normalized spacial score (nSPS) is 10.6. The summed E-state index contributed by atoms with van der Waals surface area (Å²) in [5.41, 5.74) is 2.42. The molecule has 0 atom stereocenters. The van der Waals surface area contributed by atoms with Crippen molar-refractivity contribution in [3.05, 3.63) is 54.0 Å². The van der Waals surface area contributed by atoms with E-state index >= 15 is 0 Å². The number of furan rings is 2. The van der Waals surface area contributed by atoms with Gasteiger partial charge in [-0.1, -0.05) is 0 Å². The highest BCUT2D eigenvalue weighted by molar-refractivity contribution is 5.95. The molecular weight excluding hydrogens is 278 g/mol. The van der Waals surface area contributed by atoms with Crippen molar-refractivity contribution in [1.82, 2.24) is 4.98 Å². The first-order chi connectivity index (χ1) is 10.8. The van der Waals surface area contributed by atoms with Gasteiger partial charge in [-0.05, 0) is 36.4 Å². The lowest BCUT2D eigenvalue weighted by Crippen LogP contribution is -1.91. The fourth-order valence-corrected chi connectivity index (χ4v) is 2.43. The lowest BCUT2D eigenvalue weighted by molar-refractivity contribution is 0.615. The van der Waals surface area contributed by atoms with Gasteiger partial charge in [-0.25, -0.2) is 4.98 Å². The van der Waals surface area contributed by atoms with Crippen molar-refractivity contribution in [1.29, 1.82) is 10.5 Å². The van der Waals surface area contributed by atoms with Crippen molar-refractivity contribution in [3.8, 4) is 23.5 Å². The van der Waals surface area contributed by atoms with Crippen LogP contribution in [0, 0.1) is 22.7 Å². The van der Waals surface area contributed by atoms with Crippen LogP contribution in [0.15, 0.2) is 51.5 Å². The molecule has 0 amide bonds. The van der Waals surface area contributed by atoms with E-state index in [4.69, 9.17) is 14.1 Å². The SMILES string of the molecule is N#Cc1ccc(-c2cc3cc4occc4cc3o2)c(C#N)n1. The summed E-state index contributed by atoms with van der Waals surface area (Å²) >= 11 is 0. The fraction of sp³-hybridized carbons (Fsp3) is 0. The van der Waals surface area contributed by atoms with Crippen LogP contribution >= 0.6 is 0 Å². The summed E-state index contributed by atoms with van der Waals surface area (Å²) < 4.78 is 11.2. The molecule has 0 aliphatic rings. The first kappa shape index (κ1) is 12.2. The monoisotopic (exact) mass is 285 g/mol. The highest BCUT2D eigenvalue weighted by Crippen LogP contribution is 2.32. The van der Waals surface area contributed by atoms with E-state index in [1.54, 1.807) is 18.4 Å². The Morgan fingerprint density at radius 1 is 0.909 bits per heavy atom. The summed E-state index contributed by atoms with van der Waals surface area (Å²) in [5, 5.41) is 19.9. The van der Waals surface area contributed by atoms with Gasteiger partial charge in [-0.15, -0.1) is 0 Å². The van der Waals surface area contributed by atoms with Crippen molar-refractivity contribution in [3.63, 3.8) is 0 Å². The van der Waals surface area contributed by atoms with Gasteiger partial charge in [0.05, 0.1) is 11.8 Å². The van der Waals surface area contributed by atoms with Gasteiger partial charge in [0.2, 0.25) is 0 Å². The van der Waals surface area contributed by atoms with E-state index in [1.165, 1.54) is 0 Å². The summed E-state index contributed by atoms with van der Waals surface area (Å²) in [7, 11) is 0. The largest absolute Gasteiger partial charge is 0.464 e. The van der Waals surface area contributed by atoms with Crippen LogP contribution in [0.4, 0.5) is 0 Å². The first-order valence-corrected chi connectivity index (χ1v) is 6.51. The topological polar surface area (TPSA) is 86.8 Å². The molecule has 0 aliphatic heterocycles. The van der Waals surface area contributed by atoms with Crippen LogP contribution in [0.25, 0.3) is 33.3 Å². The van der Waals surface area contributed by atoms with Gasteiger partial charge >= 0.3 is 0 Å². The number of hydrogen-bond acceptors (Lipinski definition) is 5. The Labute approximate surface area is 124 Å². The predicted molar refractivity (Wildman–Crippen MR) is 78.6 cm³/mol. The molecule has 0 spiro atoms. The molecule has 0 saturated heterocycles. The number of rotatable bonds is 1. The average Bonchev–Trinajstić information content (AvgIpc) is 3.17. The highest BCUT2D eigenvalue weighted by Gasteiger charge is 2.13. The van der Waals surface area contributed by atoms with E-state index in [1.807, 2.05) is 36.4 Å². The Hall–Kier alpha value is -3.57. The van der Waals surface area contributed by atoms with Crippen LogP contribution in [-0.4, -0.2) is 4.98 Å². The standard InChI is InChI=1S/C17H7N3O2/c18-8-12-1-2-13(14(9-19)20-12)17-7-11-6-15-10(3-4-21-15)5-16(11)22-17/h1-7H. The van der Waals surface area contributed by atoms with Crippen molar-refractivity contribution in [2.45, 2.75) is 0 Å². The van der Waals surface area contributed by atoms with Crippen LogP contribution in [0.1, 0.15) is 11.4 Å². The predicted octanol–water partition coefficient (Wildman–Crippen LogP) is 3.98. The summed E-state index contributed by atoms with van der Waals surface area (Å²) in [6.45, 7) is 0. The number of nitriles is 2. The molecule has 0 radical (unpaired) electrons. The molecule has 5 heteroatoms. The summed E-state index contributed by atoms with van der Waals surface area (Å²) in [6, 6.07) is 14.6.